The first-order valence-electron chi connectivity index (χ1n) is 5.60. The minimum Gasteiger partial charge on any atom is -0.374 e. The van der Waals surface area contributed by atoms with Crippen molar-refractivity contribution in [3.63, 3.8) is 0 Å². The number of carbonyl (C=O) groups excluding carboxylic acids is 1. The van der Waals surface area contributed by atoms with Gasteiger partial charge < -0.3 is 10.5 Å². The van der Waals surface area contributed by atoms with Gasteiger partial charge in [0.25, 0.3) is 0 Å². The van der Waals surface area contributed by atoms with Crippen LogP contribution in [0.15, 0.2) is 0 Å². The second-order valence-electron chi connectivity index (χ2n) is 4.54. The Balaban J connectivity index is 1.94. The van der Waals surface area contributed by atoms with Crippen LogP contribution in [0.25, 0.3) is 0 Å². The van der Waals surface area contributed by atoms with E-state index in [-0.39, 0.29) is 24.3 Å². The molecule has 2 aliphatic rings. The van der Waals surface area contributed by atoms with Gasteiger partial charge in [-0.3, -0.25) is 4.79 Å². The van der Waals surface area contributed by atoms with Crippen LogP contribution in [0.5, 0.6) is 0 Å². The number of hydrogen-bond donors (Lipinski definition) is 1. The molecule has 2 bridgehead atoms. The fourth-order valence-electron chi connectivity index (χ4n) is 3.11. The van der Waals surface area contributed by atoms with Gasteiger partial charge in [-0.05, 0) is 38.0 Å². The van der Waals surface area contributed by atoms with Crippen molar-refractivity contribution in [2.24, 2.45) is 23.5 Å². The average molecular weight is 197 g/mol. The van der Waals surface area contributed by atoms with Gasteiger partial charge in [-0.2, -0.15) is 0 Å². The standard InChI is InChI=1S/C11H19NO2/c1-2-14-6-9(13)10-7-3-4-8(5-7)11(10)12/h7-8,10-11H,2-6,12H2,1H3. The molecule has 4 unspecified atom stereocenters. The van der Waals surface area contributed by atoms with Crippen LogP contribution >= 0.6 is 0 Å². The van der Waals surface area contributed by atoms with Crippen molar-refractivity contribution in [3.05, 3.63) is 0 Å². The van der Waals surface area contributed by atoms with E-state index in [1.54, 1.807) is 0 Å². The summed E-state index contributed by atoms with van der Waals surface area (Å²) in [6, 6.07) is 0.113. The maximum Gasteiger partial charge on any atom is 0.163 e. The smallest absolute Gasteiger partial charge is 0.163 e. The third-order valence-electron chi connectivity index (χ3n) is 3.80. The maximum atomic E-state index is 11.8. The summed E-state index contributed by atoms with van der Waals surface area (Å²) in [5.41, 5.74) is 6.06. The first kappa shape index (κ1) is 10.1. The van der Waals surface area contributed by atoms with Gasteiger partial charge in [0, 0.05) is 18.6 Å². The van der Waals surface area contributed by atoms with Crippen LogP contribution in [-0.2, 0) is 9.53 Å². The molecule has 2 N–H and O–H groups in total. The first-order chi connectivity index (χ1) is 6.74. The van der Waals surface area contributed by atoms with Crippen molar-refractivity contribution < 1.29 is 9.53 Å². The Morgan fingerprint density at radius 3 is 2.71 bits per heavy atom. The molecule has 4 atom stereocenters. The van der Waals surface area contributed by atoms with E-state index in [0.717, 1.165) is 0 Å². The van der Waals surface area contributed by atoms with Gasteiger partial charge in [0.15, 0.2) is 5.78 Å². The molecule has 80 valence electrons. The second-order valence-corrected chi connectivity index (χ2v) is 4.54. The normalized spacial score (nSPS) is 40.4. The fourth-order valence-corrected chi connectivity index (χ4v) is 3.11. The first-order valence-corrected chi connectivity index (χ1v) is 5.60. The predicted molar refractivity (Wildman–Crippen MR) is 53.8 cm³/mol. The number of ether oxygens (including phenoxy) is 1. The molecule has 0 spiro atoms. The lowest BCUT2D eigenvalue weighted by molar-refractivity contribution is -0.129. The van der Waals surface area contributed by atoms with Gasteiger partial charge in [0.1, 0.15) is 6.61 Å². The minimum atomic E-state index is 0.0975. The topological polar surface area (TPSA) is 52.3 Å². The van der Waals surface area contributed by atoms with Gasteiger partial charge >= 0.3 is 0 Å². The van der Waals surface area contributed by atoms with Crippen LogP contribution in [0.2, 0.25) is 0 Å². The molecular weight excluding hydrogens is 178 g/mol. The number of carbonyl (C=O) groups is 1. The van der Waals surface area contributed by atoms with Crippen LogP contribution in [0.1, 0.15) is 26.2 Å². The number of Topliss-reactive ketones (excluding diaryl/α,β-unsaturated/α-hetero) is 1. The number of rotatable bonds is 4. The van der Waals surface area contributed by atoms with Crippen molar-refractivity contribution >= 4 is 5.78 Å². The molecule has 0 aromatic heterocycles. The number of ketones is 1. The molecule has 2 saturated carbocycles. The number of hydrogen-bond acceptors (Lipinski definition) is 3. The van der Waals surface area contributed by atoms with Crippen molar-refractivity contribution in [2.75, 3.05) is 13.2 Å². The van der Waals surface area contributed by atoms with Crippen LogP contribution in [0.3, 0.4) is 0 Å². The quantitative estimate of drug-likeness (QED) is 0.730. The zero-order chi connectivity index (χ0) is 10.1. The van der Waals surface area contributed by atoms with E-state index < -0.39 is 0 Å². The van der Waals surface area contributed by atoms with Crippen LogP contribution < -0.4 is 5.73 Å². The summed E-state index contributed by atoms with van der Waals surface area (Å²) in [7, 11) is 0. The van der Waals surface area contributed by atoms with Crippen molar-refractivity contribution in [1.29, 1.82) is 0 Å². The molecule has 0 aromatic carbocycles. The molecule has 14 heavy (non-hydrogen) atoms. The van der Waals surface area contributed by atoms with Gasteiger partial charge in [-0.1, -0.05) is 0 Å². The fraction of sp³-hybridized carbons (Fsp3) is 0.909. The molecule has 0 aliphatic heterocycles. The van der Waals surface area contributed by atoms with E-state index >= 15 is 0 Å². The van der Waals surface area contributed by atoms with E-state index in [4.69, 9.17) is 10.5 Å². The highest BCUT2D eigenvalue weighted by molar-refractivity contribution is 5.83. The van der Waals surface area contributed by atoms with E-state index in [1.807, 2.05) is 6.92 Å². The second kappa shape index (κ2) is 3.99. The molecule has 2 aliphatic carbocycles. The Labute approximate surface area is 85.0 Å². The molecule has 3 heteroatoms. The van der Waals surface area contributed by atoms with E-state index in [1.165, 1.54) is 19.3 Å². The van der Waals surface area contributed by atoms with E-state index in [0.29, 0.717) is 18.4 Å². The Bertz CT molecular complexity index is 227. The summed E-state index contributed by atoms with van der Waals surface area (Å²) in [4.78, 5) is 11.8. The molecule has 0 aromatic rings. The van der Waals surface area contributed by atoms with Gasteiger partial charge in [0.05, 0.1) is 0 Å². The van der Waals surface area contributed by atoms with E-state index in [9.17, 15) is 4.79 Å². The lowest BCUT2D eigenvalue weighted by Crippen LogP contribution is -2.41. The Hall–Kier alpha value is -0.410. The summed E-state index contributed by atoms with van der Waals surface area (Å²) in [6.07, 6.45) is 3.59. The van der Waals surface area contributed by atoms with Crippen molar-refractivity contribution in [2.45, 2.75) is 32.2 Å². The summed E-state index contributed by atoms with van der Waals surface area (Å²) in [5.74, 6) is 1.49. The third-order valence-corrected chi connectivity index (χ3v) is 3.80. The van der Waals surface area contributed by atoms with Crippen LogP contribution in [0.4, 0.5) is 0 Å². The number of nitrogens with two attached hydrogens (primary N) is 1. The zero-order valence-electron chi connectivity index (χ0n) is 8.74. The van der Waals surface area contributed by atoms with Crippen molar-refractivity contribution in [3.8, 4) is 0 Å². The number of fused-ring (bicyclic) bond motifs is 2. The predicted octanol–water partition coefficient (Wildman–Crippen LogP) is 0.965. The van der Waals surface area contributed by atoms with Crippen LogP contribution in [0, 0.1) is 17.8 Å². The summed E-state index contributed by atoms with van der Waals surface area (Å²) in [5, 5.41) is 0. The zero-order valence-corrected chi connectivity index (χ0v) is 8.74. The maximum absolute atomic E-state index is 11.8. The average Bonchev–Trinajstić information content (AvgIpc) is 2.74. The Morgan fingerprint density at radius 1 is 1.43 bits per heavy atom. The lowest BCUT2D eigenvalue weighted by atomic mass is 9.82. The minimum absolute atomic E-state index is 0.0975. The molecule has 2 fully saturated rings. The SMILES string of the molecule is CCOCC(=O)C1C2CCC(C2)C1N. The molecule has 0 heterocycles. The van der Waals surface area contributed by atoms with Gasteiger partial charge in [-0.15, -0.1) is 0 Å². The monoisotopic (exact) mass is 197 g/mol. The van der Waals surface area contributed by atoms with Gasteiger partial charge in [-0.25, -0.2) is 0 Å². The summed E-state index contributed by atoms with van der Waals surface area (Å²) in [6.45, 7) is 2.79. The molecular formula is C11H19NO2. The summed E-state index contributed by atoms with van der Waals surface area (Å²) < 4.78 is 5.16. The lowest BCUT2D eigenvalue weighted by Gasteiger charge is -2.26. The molecule has 0 radical (unpaired) electrons. The Kier molecular flexibility index (Phi) is 2.88. The highest BCUT2D eigenvalue weighted by Crippen LogP contribution is 2.47. The molecule has 0 amide bonds. The van der Waals surface area contributed by atoms with E-state index in [2.05, 4.69) is 0 Å². The van der Waals surface area contributed by atoms with Crippen LogP contribution in [-0.4, -0.2) is 25.0 Å². The van der Waals surface area contributed by atoms with Crippen molar-refractivity contribution in [1.82, 2.24) is 0 Å². The summed E-state index contributed by atoms with van der Waals surface area (Å²) >= 11 is 0. The largest absolute Gasteiger partial charge is 0.374 e. The highest BCUT2D eigenvalue weighted by atomic mass is 16.5. The van der Waals surface area contributed by atoms with Gasteiger partial charge in [0.2, 0.25) is 0 Å². The molecule has 0 saturated heterocycles. The third kappa shape index (κ3) is 1.59. The Morgan fingerprint density at radius 2 is 2.14 bits per heavy atom. The molecule has 3 nitrogen and oxygen atoms in total. The molecule has 2 rings (SSSR count). The highest BCUT2D eigenvalue weighted by Gasteiger charge is 2.48.